The van der Waals surface area contributed by atoms with Crippen molar-refractivity contribution in [3.8, 4) is 17.3 Å². The van der Waals surface area contributed by atoms with Gasteiger partial charge in [0, 0.05) is 18.7 Å². The molecular formula is C16H15N3O. The lowest BCUT2D eigenvalue weighted by atomic mass is 10.1. The first-order valence-electron chi connectivity index (χ1n) is 6.68. The van der Waals surface area contributed by atoms with Crippen LogP contribution < -0.4 is 4.90 Å². The van der Waals surface area contributed by atoms with Gasteiger partial charge in [-0.05, 0) is 12.1 Å². The molecule has 0 aliphatic carbocycles. The van der Waals surface area contributed by atoms with Gasteiger partial charge in [0.15, 0.2) is 0 Å². The molecule has 1 saturated heterocycles. The zero-order valence-corrected chi connectivity index (χ0v) is 11.1. The molecule has 1 aromatic carbocycles. The lowest BCUT2D eigenvalue weighted by molar-refractivity contribution is 0.122. The third-order valence-corrected chi connectivity index (χ3v) is 3.38. The van der Waals surface area contributed by atoms with Crippen LogP contribution in [-0.4, -0.2) is 31.3 Å². The monoisotopic (exact) mass is 265 g/mol. The molecule has 1 aliphatic rings. The Morgan fingerprint density at radius 1 is 1.05 bits per heavy atom. The van der Waals surface area contributed by atoms with E-state index in [2.05, 4.69) is 16.0 Å². The van der Waals surface area contributed by atoms with Gasteiger partial charge in [-0.15, -0.1) is 0 Å². The number of hydrogen-bond donors (Lipinski definition) is 0. The van der Waals surface area contributed by atoms with E-state index in [1.165, 1.54) is 0 Å². The number of hydrogen-bond acceptors (Lipinski definition) is 4. The largest absolute Gasteiger partial charge is 0.378 e. The van der Waals surface area contributed by atoms with E-state index < -0.39 is 0 Å². The zero-order chi connectivity index (χ0) is 13.8. The summed E-state index contributed by atoms with van der Waals surface area (Å²) in [5.74, 6) is 0.761. The fourth-order valence-electron chi connectivity index (χ4n) is 2.32. The van der Waals surface area contributed by atoms with Gasteiger partial charge in [0.1, 0.15) is 11.9 Å². The average Bonchev–Trinajstić information content (AvgIpc) is 2.56. The number of anilines is 1. The second-order valence-corrected chi connectivity index (χ2v) is 4.64. The molecule has 1 aliphatic heterocycles. The van der Waals surface area contributed by atoms with Crippen molar-refractivity contribution < 1.29 is 4.74 Å². The number of benzene rings is 1. The smallest absolute Gasteiger partial charge is 0.147 e. The third-order valence-electron chi connectivity index (χ3n) is 3.38. The van der Waals surface area contributed by atoms with E-state index in [1.807, 2.05) is 42.5 Å². The number of aromatic nitrogens is 1. The van der Waals surface area contributed by atoms with Crippen LogP contribution in [0.4, 0.5) is 5.82 Å². The van der Waals surface area contributed by atoms with Crippen LogP contribution in [0.1, 0.15) is 5.56 Å². The van der Waals surface area contributed by atoms with Crippen molar-refractivity contribution in [1.29, 1.82) is 5.26 Å². The minimum atomic E-state index is 0.617. The highest BCUT2D eigenvalue weighted by Gasteiger charge is 2.17. The summed E-state index contributed by atoms with van der Waals surface area (Å²) in [6.45, 7) is 2.92. The lowest BCUT2D eigenvalue weighted by Gasteiger charge is -2.28. The van der Waals surface area contributed by atoms with Crippen LogP contribution in [0.3, 0.4) is 0 Å². The molecule has 1 aromatic heterocycles. The first-order valence-corrected chi connectivity index (χ1v) is 6.68. The minimum Gasteiger partial charge on any atom is -0.378 e. The molecule has 2 heterocycles. The maximum absolute atomic E-state index is 9.26. The molecule has 0 saturated carbocycles. The number of rotatable bonds is 2. The molecule has 4 heteroatoms. The van der Waals surface area contributed by atoms with E-state index in [0.29, 0.717) is 18.8 Å². The third kappa shape index (κ3) is 2.49. The molecule has 0 spiro atoms. The fraction of sp³-hybridized carbons (Fsp3) is 0.250. The number of pyridine rings is 1. The second kappa shape index (κ2) is 5.72. The van der Waals surface area contributed by atoms with Crippen molar-refractivity contribution in [1.82, 2.24) is 4.98 Å². The predicted molar refractivity (Wildman–Crippen MR) is 77.4 cm³/mol. The average molecular weight is 265 g/mol. The Hall–Kier alpha value is -2.38. The second-order valence-electron chi connectivity index (χ2n) is 4.64. The maximum Gasteiger partial charge on any atom is 0.147 e. The summed E-state index contributed by atoms with van der Waals surface area (Å²) in [4.78, 5) is 6.80. The number of nitriles is 1. The fourth-order valence-corrected chi connectivity index (χ4v) is 2.32. The SMILES string of the molecule is N#Cc1ccc(-c2ccccc2)nc1N1CCOCC1. The molecule has 1 fully saturated rings. The molecular weight excluding hydrogens is 250 g/mol. The Morgan fingerprint density at radius 2 is 1.80 bits per heavy atom. The molecule has 2 aromatic rings. The maximum atomic E-state index is 9.26. The first-order chi connectivity index (χ1) is 9.88. The lowest BCUT2D eigenvalue weighted by Crippen LogP contribution is -2.37. The van der Waals surface area contributed by atoms with Crippen LogP contribution in [-0.2, 0) is 4.74 Å². The Balaban J connectivity index is 2.01. The van der Waals surface area contributed by atoms with E-state index in [4.69, 9.17) is 4.74 Å². The van der Waals surface area contributed by atoms with Crippen LogP contribution in [0.15, 0.2) is 42.5 Å². The summed E-state index contributed by atoms with van der Waals surface area (Å²) in [6.07, 6.45) is 0. The highest BCUT2D eigenvalue weighted by Crippen LogP contribution is 2.24. The van der Waals surface area contributed by atoms with Gasteiger partial charge in [0.25, 0.3) is 0 Å². The minimum absolute atomic E-state index is 0.617. The molecule has 0 N–H and O–H groups in total. The van der Waals surface area contributed by atoms with E-state index in [-0.39, 0.29) is 0 Å². The van der Waals surface area contributed by atoms with E-state index >= 15 is 0 Å². The number of morpholine rings is 1. The molecule has 20 heavy (non-hydrogen) atoms. The predicted octanol–water partition coefficient (Wildman–Crippen LogP) is 2.46. The van der Waals surface area contributed by atoms with Crippen LogP contribution in [0, 0.1) is 11.3 Å². The van der Waals surface area contributed by atoms with Crippen molar-refractivity contribution >= 4 is 5.82 Å². The van der Waals surface area contributed by atoms with E-state index in [1.54, 1.807) is 0 Å². The number of ether oxygens (including phenoxy) is 1. The Kier molecular flexibility index (Phi) is 3.62. The van der Waals surface area contributed by atoms with Crippen LogP contribution in [0.2, 0.25) is 0 Å². The van der Waals surface area contributed by atoms with Crippen molar-refractivity contribution in [2.24, 2.45) is 0 Å². The summed E-state index contributed by atoms with van der Waals surface area (Å²) in [7, 11) is 0. The first kappa shape index (κ1) is 12.6. The van der Waals surface area contributed by atoms with Crippen molar-refractivity contribution in [3.63, 3.8) is 0 Å². The van der Waals surface area contributed by atoms with Gasteiger partial charge in [-0.1, -0.05) is 30.3 Å². The van der Waals surface area contributed by atoms with Gasteiger partial charge in [0.05, 0.1) is 24.5 Å². The van der Waals surface area contributed by atoms with E-state index in [9.17, 15) is 5.26 Å². The summed E-state index contributed by atoms with van der Waals surface area (Å²) in [6, 6.07) is 16.0. The Morgan fingerprint density at radius 3 is 2.50 bits per heavy atom. The van der Waals surface area contributed by atoms with Crippen LogP contribution in [0.25, 0.3) is 11.3 Å². The van der Waals surface area contributed by atoms with Crippen LogP contribution >= 0.6 is 0 Å². The van der Waals surface area contributed by atoms with Gasteiger partial charge in [-0.2, -0.15) is 5.26 Å². The van der Waals surface area contributed by atoms with Crippen LogP contribution in [0.5, 0.6) is 0 Å². The standard InChI is InChI=1S/C16H15N3O/c17-12-14-6-7-15(13-4-2-1-3-5-13)18-16(14)19-8-10-20-11-9-19/h1-7H,8-11H2. The molecule has 3 rings (SSSR count). The zero-order valence-electron chi connectivity index (χ0n) is 11.1. The molecule has 100 valence electrons. The number of nitrogens with zero attached hydrogens (tertiary/aromatic N) is 3. The highest BCUT2D eigenvalue weighted by molar-refractivity contribution is 5.65. The Bertz CT molecular complexity index is 628. The summed E-state index contributed by atoms with van der Waals surface area (Å²) in [5.41, 5.74) is 2.57. The molecule has 0 amide bonds. The molecule has 0 atom stereocenters. The Labute approximate surface area is 118 Å². The summed E-state index contributed by atoms with van der Waals surface area (Å²) in [5, 5.41) is 9.26. The topological polar surface area (TPSA) is 49.2 Å². The normalized spacial score (nSPS) is 14.8. The molecule has 4 nitrogen and oxygen atoms in total. The summed E-state index contributed by atoms with van der Waals surface area (Å²) < 4.78 is 5.36. The van der Waals surface area contributed by atoms with Crippen molar-refractivity contribution in [2.75, 3.05) is 31.2 Å². The van der Waals surface area contributed by atoms with Gasteiger partial charge in [-0.25, -0.2) is 4.98 Å². The van der Waals surface area contributed by atoms with Crippen molar-refractivity contribution in [3.05, 3.63) is 48.0 Å². The van der Waals surface area contributed by atoms with E-state index in [0.717, 1.165) is 30.2 Å². The summed E-state index contributed by atoms with van der Waals surface area (Å²) >= 11 is 0. The quantitative estimate of drug-likeness (QED) is 0.837. The van der Waals surface area contributed by atoms with Gasteiger partial charge < -0.3 is 9.64 Å². The highest BCUT2D eigenvalue weighted by atomic mass is 16.5. The molecule has 0 bridgehead atoms. The van der Waals surface area contributed by atoms with Gasteiger partial charge in [-0.3, -0.25) is 0 Å². The molecule has 0 unspecified atom stereocenters. The van der Waals surface area contributed by atoms with Gasteiger partial charge in [0.2, 0.25) is 0 Å². The van der Waals surface area contributed by atoms with Gasteiger partial charge >= 0.3 is 0 Å². The van der Waals surface area contributed by atoms with Crippen molar-refractivity contribution in [2.45, 2.75) is 0 Å². The molecule has 0 radical (unpaired) electrons.